The predicted octanol–water partition coefficient (Wildman–Crippen LogP) is -3.35. The maximum Gasteiger partial charge on any atom is 0.335 e. The van der Waals surface area contributed by atoms with Gasteiger partial charge in [-0.15, -0.1) is 0 Å². The summed E-state index contributed by atoms with van der Waals surface area (Å²) in [5, 5.41) is 43.0. The first-order valence-corrected chi connectivity index (χ1v) is 10.5. The lowest BCUT2D eigenvalue weighted by molar-refractivity contribution is -0.210. The quantitative estimate of drug-likeness (QED) is 0.266. The molecular weight excluding hydrogens is 408 g/mol. The van der Waals surface area contributed by atoms with Crippen LogP contribution in [0.3, 0.4) is 0 Å². The number of nitrogens with one attached hydrogen (secondary N) is 1. The van der Waals surface area contributed by atoms with E-state index in [1.807, 2.05) is 4.72 Å². The smallest absolute Gasteiger partial charge is 0.335 e. The van der Waals surface area contributed by atoms with Crippen molar-refractivity contribution >= 4 is 26.0 Å². The number of aliphatic hydroxyl groups is 3. The SMILES string of the molecule is NS(=O)(=O)c1ccc(CNS(=O)(=O)[C@@H]2O[C@H](C(=O)O)[C@@H](O)[C@H](O)[C@H]2O)cc1. The molecule has 1 aliphatic heterocycles. The Morgan fingerprint density at radius 2 is 1.59 bits per heavy atom. The molecule has 7 N–H and O–H groups in total. The summed E-state index contributed by atoms with van der Waals surface area (Å²) in [6, 6.07) is 4.90. The van der Waals surface area contributed by atoms with Crippen molar-refractivity contribution in [3.63, 3.8) is 0 Å². The summed E-state index contributed by atoms with van der Waals surface area (Å²) in [4.78, 5) is 10.9. The fourth-order valence-corrected chi connectivity index (χ4v) is 4.21. The molecule has 152 valence electrons. The minimum absolute atomic E-state index is 0.179. The zero-order valence-electron chi connectivity index (χ0n) is 13.5. The number of nitrogens with two attached hydrogens (primary N) is 1. The topological polar surface area (TPSA) is 214 Å². The van der Waals surface area contributed by atoms with Gasteiger partial charge in [0.2, 0.25) is 25.5 Å². The van der Waals surface area contributed by atoms with E-state index in [1.165, 1.54) is 12.1 Å². The Hall–Kier alpha value is -1.65. The summed E-state index contributed by atoms with van der Waals surface area (Å²) in [7, 11) is -8.40. The van der Waals surface area contributed by atoms with E-state index in [-0.39, 0.29) is 11.4 Å². The van der Waals surface area contributed by atoms with Crippen LogP contribution in [-0.4, -0.2) is 73.1 Å². The van der Waals surface area contributed by atoms with E-state index in [4.69, 9.17) is 15.0 Å². The highest BCUT2D eigenvalue weighted by Gasteiger charge is 2.51. The number of aliphatic carboxylic acids is 1. The third kappa shape index (κ3) is 4.80. The van der Waals surface area contributed by atoms with E-state index in [1.54, 1.807) is 0 Å². The van der Waals surface area contributed by atoms with Crippen molar-refractivity contribution < 1.29 is 46.8 Å². The van der Waals surface area contributed by atoms with Gasteiger partial charge in [0, 0.05) is 6.54 Å². The van der Waals surface area contributed by atoms with Crippen LogP contribution in [0.2, 0.25) is 0 Å². The molecule has 1 aromatic carbocycles. The van der Waals surface area contributed by atoms with E-state index in [0.717, 1.165) is 12.1 Å². The van der Waals surface area contributed by atoms with Crippen LogP contribution in [0.5, 0.6) is 0 Å². The number of ether oxygens (including phenoxy) is 1. The molecule has 0 aliphatic carbocycles. The molecule has 1 heterocycles. The first kappa shape index (κ1) is 21.6. The van der Waals surface area contributed by atoms with Gasteiger partial charge >= 0.3 is 5.97 Å². The van der Waals surface area contributed by atoms with Crippen LogP contribution < -0.4 is 9.86 Å². The lowest BCUT2D eigenvalue weighted by Gasteiger charge is -2.38. The lowest BCUT2D eigenvalue weighted by atomic mass is 10.0. The van der Waals surface area contributed by atoms with Gasteiger partial charge in [0.25, 0.3) is 0 Å². The number of aliphatic hydroxyl groups excluding tert-OH is 3. The largest absolute Gasteiger partial charge is 0.479 e. The predicted molar refractivity (Wildman–Crippen MR) is 87.9 cm³/mol. The van der Waals surface area contributed by atoms with Crippen molar-refractivity contribution in [2.75, 3.05) is 0 Å². The molecule has 0 spiro atoms. The average Bonchev–Trinajstić information content (AvgIpc) is 2.57. The number of primary sulfonamides is 1. The third-order valence-electron chi connectivity index (χ3n) is 3.85. The summed E-state index contributed by atoms with van der Waals surface area (Å²) in [5.41, 5.74) is -1.83. The Bertz CT molecular complexity index is 900. The van der Waals surface area contributed by atoms with Gasteiger partial charge in [0.1, 0.15) is 18.3 Å². The second-order valence-electron chi connectivity index (χ2n) is 5.79. The summed E-state index contributed by atoms with van der Waals surface area (Å²) in [6.45, 7) is -0.351. The van der Waals surface area contributed by atoms with Crippen molar-refractivity contribution in [3.8, 4) is 0 Å². The van der Waals surface area contributed by atoms with E-state index in [9.17, 15) is 36.9 Å². The van der Waals surface area contributed by atoms with Crippen molar-refractivity contribution in [2.45, 2.75) is 41.3 Å². The van der Waals surface area contributed by atoms with Crippen LogP contribution in [0.15, 0.2) is 29.2 Å². The minimum atomic E-state index is -4.49. The molecule has 5 atom stereocenters. The van der Waals surface area contributed by atoms with Gasteiger partial charge in [0.15, 0.2) is 6.10 Å². The number of carbonyl (C=O) groups is 1. The van der Waals surface area contributed by atoms with Crippen LogP contribution in [-0.2, 0) is 36.1 Å². The van der Waals surface area contributed by atoms with Crippen molar-refractivity contribution in [2.24, 2.45) is 5.14 Å². The highest BCUT2D eigenvalue weighted by Crippen LogP contribution is 2.24. The van der Waals surface area contributed by atoms with E-state index in [0.29, 0.717) is 5.56 Å². The lowest BCUT2D eigenvalue weighted by Crippen LogP contribution is -2.62. The van der Waals surface area contributed by atoms with Gasteiger partial charge in [-0.05, 0) is 17.7 Å². The number of carboxylic acid groups (broad SMARTS) is 1. The number of hydrogen-bond donors (Lipinski definition) is 6. The van der Waals surface area contributed by atoms with Gasteiger partial charge in [-0.3, -0.25) is 0 Å². The minimum Gasteiger partial charge on any atom is -0.479 e. The summed E-state index contributed by atoms with van der Waals surface area (Å²) in [5.74, 6) is -1.72. The Labute approximate surface area is 154 Å². The number of carboxylic acids is 1. The summed E-state index contributed by atoms with van der Waals surface area (Å²) in [6.07, 6.45) is -8.23. The molecule has 14 heteroatoms. The van der Waals surface area contributed by atoms with E-state index in [2.05, 4.69) is 0 Å². The second-order valence-corrected chi connectivity index (χ2v) is 9.19. The number of rotatable bonds is 6. The highest BCUT2D eigenvalue weighted by molar-refractivity contribution is 7.90. The molecule has 0 radical (unpaired) electrons. The Morgan fingerprint density at radius 1 is 1.04 bits per heavy atom. The Kier molecular flexibility index (Phi) is 6.23. The monoisotopic (exact) mass is 426 g/mol. The standard InChI is InChI=1S/C13H18N2O10S2/c14-26(21,22)7-3-1-6(2-4-7)5-15-27(23,24)13-10(18)8(16)9(17)11(25-13)12(19)20/h1-4,8-11,13,15-18H,5H2,(H,19,20)(H2,14,21,22)/t8-,9-,10+,11-,13-/m0/s1. The fraction of sp³-hybridized carbons (Fsp3) is 0.462. The van der Waals surface area contributed by atoms with Crippen LogP contribution in [0, 0.1) is 0 Å². The first-order chi connectivity index (χ1) is 12.3. The molecule has 0 saturated carbocycles. The zero-order chi connectivity index (χ0) is 20.6. The molecule has 0 amide bonds. The van der Waals surface area contributed by atoms with Gasteiger partial charge in [-0.25, -0.2) is 31.5 Å². The van der Waals surface area contributed by atoms with Gasteiger partial charge in [0.05, 0.1) is 4.90 Å². The van der Waals surface area contributed by atoms with Crippen LogP contribution in [0.25, 0.3) is 0 Å². The number of sulfonamides is 2. The Morgan fingerprint density at radius 3 is 2.07 bits per heavy atom. The number of benzene rings is 1. The molecule has 0 unspecified atom stereocenters. The molecule has 0 bridgehead atoms. The fourth-order valence-electron chi connectivity index (χ4n) is 2.37. The zero-order valence-corrected chi connectivity index (χ0v) is 15.2. The maximum absolute atomic E-state index is 12.3. The van der Waals surface area contributed by atoms with Crippen molar-refractivity contribution in [1.82, 2.24) is 4.72 Å². The molecule has 2 rings (SSSR count). The molecule has 1 saturated heterocycles. The van der Waals surface area contributed by atoms with Gasteiger partial charge in [-0.1, -0.05) is 12.1 Å². The third-order valence-corrected chi connectivity index (χ3v) is 6.33. The van der Waals surface area contributed by atoms with Crippen LogP contribution in [0.4, 0.5) is 0 Å². The summed E-state index contributed by atoms with van der Waals surface area (Å²) < 4.78 is 53.8. The van der Waals surface area contributed by atoms with Crippen LogP contribution in [0.1, 0.15) is 5.56 Å². The summed E-state index contributed by atoms with van der Waals surface area (Å²) >= 11 is 0. The second kappa shape index (κ2) is 7.76. The molecular formula is C13H18N2O10S2. The Balaban J connectivity index is 2.14. The number of hydrogen-bond acceptors (Lipinski definition) is 9. The van der Waals surface area contributed by atoms with Gasteiger partial charge in [-0.2, -0.15) is 0 Å². The van der Waals surface area contributed by atoms with Crippen molar-refractivity contribution in [3.05, 3.63) is 29.8 Å². The van der Waals surface area contributed by atoms with Gasteiger partial charge < -0.3 is 25.2 Å². The molecule has 1 aromatic rings. The van der Waals surface area contributed by atoms with E-state index >= 15 is 0 Å². The maximum atomic E-state index is 12.3. The molecule has 12 nitrogen and oxygen atoms in total. The highest BCUT2D eigenvalue weighted by atomic mass is 32.2. The van der Waals surface area contributed by atoms with Crippen molar-refractivity contribution in [1.29, 1.82) is 0 Å². The molecule has 27 heavy (non-hydrogen) atoms. The average molecular weight is 426 g/mol. The first-order valence-electron chi connectivity index (χ1n) is 7.37. The van der Waals surface area contributed by atoms with Crippen LogP contribution >= 0.6 is 0 Å². The molecule has 1 aliphatic rings. The molecule has 1 fully saturated rings. The molecule has 0 aromatic heterocycles. The normalized spacial score (nSPS) is 29.4. The van der Waals surface area contributed by atoms with E-state index < -0.39 is 55.9 Å².